The highest BCUT2D eigenvalue weighted by Gasteiger charge is 2.28. The number of hydrogen-bond acceptors (Lipinski definition) is 5. The van der Waals surface area contributed by atoms with E-state index in [1.165, 1.54) is 60.7 Å². The minimum atomic E-state index is -4.17. The molecule has 0 heterocycles. The quantitative estimate of drug-likeness (QED) is 0.215. The van der Waals surface area contributed by atoms with Crippen molar-refractivity contribution in [3.05, 3.63) is 112 Å². The molecule has 0 aliphatic heterocycles. The van der Waals surface area contributed by atoms with E-state index in [-0.39, 0.29) is 41.9 Å². The van der Waals surface area contributed by atoms with Crippen molar-refractivity contribution in [2.45, 2.75) is 16.7 Å². The number of nitrogens with one attached hydrogen (secondary N) is 2. The molecule has 208 valence electrons. The molecule has 4 aromatic rings. The van der Waals surface area contributed by atoms with Crippen molar-refractivity contribution in [3.63, 3.8) is 0 Å². The minimum Gasteiger partial charge on any atom is -0.325 e. The number of benzene rings is 4. The summed E-state index contributed by atoms with van der Waals surface area (Å²) in [6.07, 6.45) is 0. The van der Waals surface area contributed by atoms with Gasteiger partial charge >= 0.3 is 0 Å². The van der Waals surface area contributed by atoms with Crippen LogP contribution in [0, 0.1) is 6.92 Å². The van der Waals surface area contributed by atoms with Gasteiger partial charge in [0.2, 0.25) is 5.91 Å². The molecule has 0 saturated carbocycles. The van der Waals surface area contributed by atoms with Crippen molar-refractivity contribution in [2.24, 2.45) is 0 Å². The van der Waals surface area contributed by atoms with E-state index in [0.29, 0.717) is 0 Å². The second kappa shape index (κ2) is 12.1. The second-order valence-corrected chi connectivity index (χ2v) is 13.3. The Morgan fingerprint density at radius 3 is 2.00 bits per heavy atom. The number of nitrogens with zero attached hydrogens (tertiary/aromatic N) is 1. The van der Waals surface area contributed by atoms with Gasteiger partial charge in [-0.25, -0.2) is 16.8 Å². The van der Waals surface area contributed by atoms with E-state index in [0.717, 1.165) is 9.87 Å². The maximum Gasteiger partial charge on any atom is 0.264 e. The summed E-state index contributed by atoms with van der Waals surface area (Å²) in [4.78, 5) is 12.9. The fourth-order valence-corrected chi connectivity index (χ4v) is 6.61. The van der Waals surface area contributed by atoms with E-state index in [1.54, 1.807) is 30.3 Å². The smallest absolute Gasteiger partial charge is 0.264 e. The average Bonchev–Trinajstić information content (AvgIpc) is 2.91. The molecular formula is C27H22Cl3N3O5S2. The molecule has 4 rings (SSSR count). The number of aryl methyl sites for hydroxylation is 1. The van der Waals surface area contributed by atoms with Crippen LogP contribution in [0.4, 0.5) is 17.1 Å². The predicted molar refractivity (Wildman–Crippen MR) is 160 cm³/mol. The van der Waals surface area contributed by atoms with Gasteiger partial charge in [-0.05, 0) is 73.7 Å². The Bertz CT molecular complexity index is 1760. The molecule has 0 aliphatic carbocycles. The Morgan fingerprint density at radius 1 is 0.750 bits per heavy atom. The van der Waals surface area contributed by atoms with Gasteiger partial charge in [-0.1, -0.05) is 64.6 Å². The molecule has 0 bridgehead atoms. The van der Waals surface area contributed by atoms with Crippen molar-refractivity contribution < 1.29 is 21.6 Å². The lowest BCUT2D eigenvalue weighted by Crippen LogP contribution is -2.38. The van der Waals surface area contributed by atoms with Gasteiger partial charge in [0.1, 0.15) is 6.54 Å². The third-order valence-electron chi connectivity index (χ3n) is 5.65. The minimum absolute atomic E-state index is 0.0162. The first-order chi connectivity index (χ1) is 18.9. The summed E-state index contributed by atoms with van der Waals surface area (Å²) < 4.78 is 55.9. The van der Waals surface area contributed by atoms with Crippen LogP contribution in [0.15, 0.2) is 101 Å². The third-order valence-corrected chi connectivity index (χ3v) is 9.89. The van der Waals surface area contributed by atoms with Crippen molar-refractivity contribution in [1.82, 2.24) is 0 Å². The molecular weight excluding hydrogens is 617 g/mol. The average molecular weight is 639 g/mol. The van der Waals surface area contributed by atoms with E-state index in [2.05, 4.69) is 10.0 Å². The molecule has 0 unspecified atom stereocenters. The van der Waals surface area contributed by atoms with Crippen molar-refractivity contribution in [1.29, 1.82) is 0 Å². The molecule has 8 nitrogen and oxygen atoms in total. The lowest BCUT2D eigenvalue weighted by molar-refractivity contribution is -0.114. The number of sulfonamides is 2. The molecule has 40 heavy (non-hydrogen) atoms. The van der Waals surface area contributed by atoms with Gasteiger partial charge < -0.3 is 5.32 Å². The summed E-state index contributed by atoms with van der Waals surface area (Å²) in [5.74, 6) is -0.674. The number of hydrogen-bond donors (Lipinski definition) is 2. The molecule has 1 amide bonds. The Kier molecular flexibility index (Phi) is 8.96. The maximum atomic E-state index is 13.5. The fraction of sp³-hybridized carbons (Fsp3) is 0.0741. The summed E-state index contributed by atoms with van der Waals surface area (Å²) in [5.41, 5.74) is 1.48. The van der Waals surface area contributed by atoms with E-state index >= 15 is 0 Å². The lowest BCUT2D eigenvalue weighted by Gasteiger charge is -2.24. The maximum absolute atomic E-state index is 13.5. The first-order valence-electron chi connectivity index (χ1n) is 11.6. The van der Waals surface area contributed by atoms with Crippen LogP contribution in [0.3, 0.4) is 0 Å². The predicted octanol–water partition coefficient (Wildman–Crippen LogP) is 6.59. The normalized spacial score (nSPS) is 11.6. The number of para-hydroxylation sites is 1. The van der Waals surface area contributed by atoms with Crippen LogP contribution in [0.5, 0.6) is 0 Å². The molecule has 4 aromatic carbocycles. The number of halogens is 3. The number of carbonyl (C=O) groups excluding carboxylic acids is 1. The number of amides is 1. The van der Waals surface area contributed by atoms with Crippen molar-refractivity contribution in [3.8, 4) is 0 Å². The van der Waals surface area contributed by atoms with Crippen LogP contribution in [0.25, 0.3) is 0 Å². The standard InChI is InChI=1S/C27H22Cl3N3O5S2/c1-18-6-11-22(12-7-18)40(37,38)33(20-10-15-23(28)25(30)16-20)17-27(34)31-19-8-13-21(14-9-19)39(35,36)32-26-5-3-2-4-24(26)29/h2-16,32H,17H2,1H3,(H,31,34). The second-order valence-electron chi connectivity index (χ2n) is 8.58. The van der Waals surface area contributed by atoms with Gasteiger partial charge in [0, 0.05) is 5.69 Å². The molecule has 0 aromatic heterocycles. The topological polar surface area (TPSA) is 113 Å². The molecule has 0 saturated heterocycles. The van der Waals surface area contributed by atoms with Gasteiger partial charge in [-0.15, -0.1) is 0 Å². The molecule has 0 atom stereocenters. The summed E-state index contributed by atoms with van der Waals surface area (Å²) in [7, 11) is -8.13. The Hall–Kier alpha value is -3.28. The Balaban J connectivity index is 1.55. The summed E-state index contributed by atoms with van der Waals surface area (Å²) in [6, 6.07) is 22.2. The lowest BCUT2D eigenvalue weighted by atomic mass is 10.2. The zero-order valence-corrected chi connectivity index (χ0v) is 24.7. The molecule has 13 heteroatoms. The van der Waals surface area contributed by atoms with Gasteiger partial charge in [0.05, 0.1) is 36.2 Å². The summed E-state index contributed by atoms with van der Waals surface area (Å²) >= 11 is 18.2. The highest BCUT2D eigenvalue weighted by atomic mass is 35.5. The van der Waals surface area contributed by atoms with Crippen LogP contribution in [0.2, 0.25) is 15.1 Å². The number of rotatable bonds is 9. The van der Waals surface area contributed by atoms with E-state index in [9.17, 15) is 21.6 Å². The van der Waals surface area contributed by atoms with Gasteiger partial charge in [0.15, 0.2) is 0 Å². The van der Waals surface area contributed by atoms with E-state index < -0.39 is 32.5 Å². The monoisotopic (exact) mass is 637 g/mol. The first kappa shape index (κ1) is 29.7. The highest BCUT2D eigenvalue weighted by Crippen LogP contribution is 2.31. The molecule has 0 radical (unpaired) electrons. The largest absolute Gasteiger partial charge is 0.325 e. The zero-order valence-electron chi connectivity index (χ0n) is 20.8. The van der Waals surface area contributed by atoms with Crippen LogP contribution < -0.4 is 14.3 Å². The van der Waals surface area contributed by atoms with Crippen molar-refractivity contribution >= 4 is 77.8 Å². The van der Waals surface area contributed by atoms with Crippen LogP contribution in [-0.4, -0.2) is 29.3 Å². The zero-order chi connectivity index (χ0) is 29.1. The van der Waals surface area contributed by atoms with E-state index in [1.807, 2.05) is 6.92 Å². The molecule has 2 N–H and O–H groups in total. The molecule has 0 fully saturated rings. The molecule has 0 spiro atoms. The first-order valence-corrected chi connectivity index (χ1v) is 15.6. The van der Waals surface area contributed by atoms with Gasteiger partial charge in [-0.3, -0.25) is 13.8 Å². The van der Waals surface area contributed by atoms with E-state index in [4.69, 9.17) is 34.8 Å². The SMILES string of the molecule is Cc1ccc(S(=O)(=O)N(CC(=O)Nc2ccc(S(=O)(=O)Nc3ccccc3Cl)cc2)c2ccc(Cl)c(Cl)c2)cc1. The third kappa shape index (κ3) is 6.89. The van der Waals surface area contributed by atoms with Gasteiger partial charge in [0.25, 0.3) is 20.0 Å². The Morgan fingerprint density at radius 2 is 1.38 bits per heavy atom. The number of anilines is 3. The fourth-order valence-electron chi connectivity index (χ4n) is 3.59. The van der Waals surface area contributed by atoms with Crippen LogP contribution >= 0.6 is 34.8 Å². The van der Waals surface area contributed by atoms with Crippen LogP contribution in [-0.2, 0) is 24.8 Å². The summed E-state index contributed by atoms with van der Waals surface area (Å²) in [5, 5.41) is 3.18. The summed E-state index contributed by atoms with van der Waals surface area (Å²) in [6.45, 7) is 1.23. The Labute approximate surface area is 247 Å². The van der Waals surface area contributed by atoms with Crippen molar-refractivity contribution in [2.75, 3.05) is 20.9 Å². The van der Waals surface area contributed by atoms with Crippen LogP contribution in [0.1, 0.15) is 5.56 Å². The molecule has 0 aliphatic rings. The highest BCUT2D eigenvalue weighted by molar-refractivity contribution is 7.93. The number of carbonyl (C=O) groups is 1. The van der Waals surface area contributed by atoms with Gasteiger partial charge in [-0.2, -0.15) is 0 Å².